The van der Waals surface area contributed by atoms with E-state index in [0.717, 1.165) is 13.0 Å². The van der Waals surface area contributed by atoms with Crippen molar-refractivity contribution in [2.75, 3.05) is 12.3 Å². The molecule has 0 aliphatic carbocycles. The predicted molar refractivity (Wildman–Crippen MR) is 74.2 cm³/mol. The van der Waals surface area contributed by atoms with Gasteiger partial charge < -0.3 is 10.6 Å². The molecule has 0 radical (unpaired) electrons. The number of rotatable bonds is 4. The molecule has 0 aromatic carbocycles. The van der Waals surface area contributed by atoms with Crippen LogP contribution in [-0.4, -0.2) is 38.8 Å². The standard InChI is InChI=1S/C13H24N2O2S/c1-11(9-12-5-3-2-4-7-14-12)15-13-6-8-18(16,17)10-13/h6,8,11-15H,2-5,7,9-10H2,1H3. The van der Waals surface area contributed by atoms with Gasteiger partial charge in [0.1, 0.15) is 0 Å². The van der Waals surface area contributed by atoms with Crippen LogP contribution >= 0.6 is 0 Å². The van der Waals surface area contributed by atoms with Crippen LogP contribution in [0.25, 0.3) is 0 Å². The average molecular weight is 272 g/mol. The van der Waals surface area contributed by atoms with Gasteiger partial charge in [0, 0.05) is 23.5 Å². The molecule has 18 heavy (non-hydrogen) atoms. The molecule has 3 unspecified atom stereocenters. The molecule has 2 heterocycles. The van der Waals surface area contributed by atoms with Crippen molar-refractivity contribution in [2.24, 2.45) is 0 Å². The van der Waals surface area contributed by atoms with Gasteiger partial charge in [0.25, 0.3) is 0 Å². The topological polar surface area (TPSA) is 58.2 Å². The predicted octanol–water partition coefficient (Wildman–Crippen LogP) is 1.20. The lowest BCUT2D eigenvalue weighted by atomic mass is 10.0. The van der Waals surface area contributed by atoms with Crippen LogP contribution < -0.4 is 10.6 Å². The third-order valence-electron chi connectivity index (χ3n) is 3.73. The van der Waals surface area contributed by atoms with Crippen molar-refractivity contribution < 1.29 is 8.42 Å². The Bertz CT molecular complexity index is 384. The fourth-order valence-corrected chi connectivity index (χ4v) is 4.09. The third kappa shape index (κ3) is 4.37. The minimum absolute atomic E-state index is 0.00391. The SMILES string of the molecule is CC(CC1CCCCCN1)NC1C=CS(=O)(=O)C1. The van der Waals surface area contributed by atoms with E-state index in [1.807, 2.05) is 0 Å². The van der Waals surface area contributed by atoms with Gasteiger partial charge in [-0.15, -0.1) is 0 Å². The molecule has 5 heteroatoms. The second-order valence-corrected chi connectivity index (χ2v) is 7.50. The summed E-state index contributed by atoms with van der Waals surface area (Å²) >= 11 is 0. The quantitative estimate of drug-likeness (QED) is 0.807. The molecule has 0 aromatic heterocycles. The Morgan fingerprint density at radius 2 is 2.22 bits per heavy atom. The van der Waals surface area contributed by atoms with E-state index in [1.54, 1.807) is 6.08 Å². The highest BCUT2D eigenvalue weighted by Gasteiger charge is 2.23. The Hall–Kier alpha value is -0.390. The van der Waals surface area contributed by atoms with E-state index in [0.29, 0.717) is 12.1 Å². The van der Waals surface area contributed by atoms with E-state index in [-0.39, 0.29) is 11.8 Å². The molecule has 2 aliphatic heterocycles. The summed E-state index contributed by atoms with van der Waals surface area (Å²) < 4.78 is 22.6. The monoisotopic (exact) mass is 272 g/mol. The van der Waals surface area contributed by atoms with Crippen molar-refractivity contribution in [3.05, 3.63) is 11.5 Å². The van der Waals surface area contributed by atoms with Gasteiger partial charge in [-0.1, -0.05) is 18.9 Å². The van der Waals surface area contributed by atoms with Gasteiger partial charge in [0.2, 0.25) is 0 Å². The summed E-state index contributed by atoms with van der Waals surface area (Å²) in [7, 11) is -2.94. The summed E-state index contributed by atoms with van der Waals surface area (Å²) in [6.07, 6.45) is 8.00. The van der Waals surface area contributed by atoms with Crippen LogP contribution in [-0.2, 0) is 9.84 Å². The molecule has 2 N–H and O–H groups in total. The van der Waals surface area contributed by atoms with E-state index < -0.39 is 9.84 Å². The lowest BCUT2D eigenvalue weighted by Crippen LogP contribution is -2.41. The highest BCUT2D eigenvalue weighted by molar-refractivity contribution is 7.94. The zero-order valence-electron chi connectivity index (χ0n) is 11.1. The van der Waals surface area contributed by atoms with Crippen molar-refractivity contribution in [3.8, 4) is 0 Å². The van der Waals surface area contributed by atoms with Crippen LogP contribution in [0.4, 0.5) is 0 Å². The molecule has 104 valence electrons. The second kappa shape index (κ2) is 6.17. The molecule has 0 spiro atoms. The van der Waals surface area contributed by atoms with Gasteiger partial charge in [-0.05, 0) is 32.7 Å². The first-order valence-corrected chi connectivity index (χ1v) is 8.67. The summed E-state index contributed by atoms with van der Waals surface area (Å²) in [6.45, 7) is 3.26. The maximum atomic E-state index is 11.3. The Morgan fingerprint density at radius 3 is 2.94 bits per heavy atom. The van der Waals surface area contributed by atoms with Crippen molar-refractivity contribution in [2.45, 2.75) is 57.2 Å². The normalized spacial score (nSPS) is 33.2. The van der Waals surface area contributed by atoms with Gasteiger partial charge in [0.15, 0.2) is 9.84 Å². The summed E-state index contributed by atoms with van der Waals surface area (Å²) in [4.78, 5) is 0. The summed E-state index contributed by atoms with van der Waals surface area (Å²) in [6, 6.07) is 0.927. The number of nitrogens with one attached hydrogen (secondary N) is 2. The Kier molecular flexibility index (Phi) is 4.81. The third-order valence-corrected chi connectivity index (χ3v) is 5.12. The Morgan fingerprint density at radius 1 is 1.39 bits per heavy atom. The van der Waals surface area contributed by atoms with Crippen LogP contribution in [0.5, 0.6) is 0 Å². The zero-order chi connectivity index (χ0) is 13.0. The molecule has 0 amide bonds. The minimum atomic E-state index is -2.94. The van der Waals surface area contributed by atoms with E-state index in [1.165, 1.54) is 31.1 Å². The van der Waals surface area contributed by atoms with Crippen molar-refractivity contribution >= 4 is 9.84 Å². The molecule has 4 nitrogen and oxygen atoms in total. The van der Waals surface area contributed by atoms with E-state index >= 15 is 0 Å². The molecular weight excluding hydrogens is 248 g/mol. The number of hydrogen-bond acceptors (Lipinski definition) is 4. The Balaban J connectivity index is 1.75. The van der Waals surface area contributed by atoms with Crippen molar-refractivity contribution in [1.29, 1.82) is 0 Å². The summed E-state index contributed by atoms with van der Waals surface area (Å²) in [5.41, 5.74) is 0. The maximum absolute atomic E-state index is 11.3. The van der Waals surface area contributed by atoms with Crippen LogP contribution in [0.2, 0.25) is 0 Å². The maximum Gasteiger partial charge on any atom is 0.173 e. The highest BCUT2D eigenvalue weighted by atomic mass is 32.2. The molecule has 0 bridgehead atoms. The molecule has 1 saturated heterocycles. The van der Waals surface area contributed by atoms with Crippen LogP contribution in [0, 0.1) is 0 Å². The first kappa shape index (κ1) is 14.0. The summed E-state index contributed by atoms with van der Waals surface area (Å²) in [5.74, 6) is 0.218. The Labute approximate surface area is 110 Å². The van der Waals surface area contributed by atoms with Crippen LogP contribution in [0.3, 0.4) is 0 Å². The van der Waals surface area contributed by atoms with Gasteiger partial charge in [-0.25, -0.2) is 8.42 Å². The second-order valence-electron chi connectivity index (χ2n) is 5.57. The fourth-order valence-electron chi connectivity index (χ4n) is 2.84. The van der Waals surface area contributed by atoms with E-state index in [9.17, 15) is 8.42 Å². The van der Waals surface area contributed by atoms with Gasteiger partial charge in [0.05, 0.1) is 5.75 Å². The van der Waals surface area contributed by atoms with Crippen molar-refractivity contribution in [1.82, 2.24) is 10.6 Å². The van der Waals surface area contributed by atoms with Crippen LogP contribution in [0.1, 0.15) is 39.0 Å². The molecule has 1 fully saturated rings. The van der Waals surface area contributed by atoms with Crippen molar-refractivity contribution in [3.63, 3.8) is 0 Å². The lowest BCUT2D eigenvalue weighted by molar-refractivity contribution is 0.394. The highest BCUT2D eigenvalue weighted by Crippen LogP contribution is 2.14. The zero-order valence-corrected chi connectivity index (χ0v) is 11.9. The average Bonchev–Trinajstić information content (AvgIpc) is 2.52. The number of sulfone groups is 1. The molecule has 2 rings (SSSR count). The number of hydrogen-bond donors (Lipinski definition) is 2. The molecule has 0 saturated carbocycles. The minimum Gasteiger partial charge on any atom is -0.314 e. The molecule has 2 aliphatic rings. The summed E-state index contributed by atoms with van der Waals surface area (Å²) in [5, 5.41) is 8.31. The lowest BCUT2D eigenvalue weighted by Gasteiger charge is -2.23. The first-order valence-electron chi connectivity index (χ1n) is 6.95. The first-order chi connectivity index (χ1) is 8.55. The van der Waals surface area contributed by atoms with Gasteiger partial charge >= 0.3 is 0 Å². The van der Waals surface area contributed by atoms with E-state index in [2.05, 4.69) is 17.6 Å². The van der Waals surface area contributed by atoms with Gasteiger partial charge in [-0.2, -0.15) is 0 Å². The molecular formula is C13H24N2O2S. The fraction of sp³-hybridized carbons (Fsp3) is 0.846. The van der Waals surface area contributed by atoms with Gasteiger partial charge in [-0.3, -0.25) is 0 Å². The molecule has 3 atom stereocenters. The smallest absolute Gasteiger partial charge is 0.173 e. The molecule has 0 aromatic rings. The van der Waals surface area contributed by atoms with Crippen LogP contribution in [0.15, 0.2) is 11.5 Å². The van der Waals surface area contributed by atoms with E-state index in [4.69, 9.17) is 0 Å². The largest absolute Gasteiger partial charge is 0.314 e.